The van der Waals surface area contributed by atoms with Gasteiger partial charge in [-0.25, -0.2) is 4.79 Å². The van der Waals surface area contributed by atoms with E-state index in [-0.39, 0.29) is 18.0 Å². The van der Waals surface area contributed by atoms with E-state index < -0.39 is 5.54 Å². The van der Waals surface area contributed by atoms with E-state index in [0.717, 1.165) is 18.4 Å². The normalized spacial score (nSPS) is 22.8. The first-order valence-corrected chi connectivity index (χ1v) is 5.85. The molecule has 3 rings (SSSR count). The molecule has 1 aliphatic carbocycles. The maximum Gasteiger partial charge on any atom is 0.325 e. The Bertz CT molecular complexity index is 479. The van der Waals surface area contributed by atoms with Crippen molar-refractivity contribution in [2.45, 2.75) is 31.3 Å². The average Bonchev–Trinajstić information content (AvgIpc) is 3.06. The van der Waals surface area contributed by atoms with E-state index >= 15 is 0 Å². The minimum Gasteiger partial charge on any atom is -0.323 e. The molecule has 1 aromatic carbocycles. The Hall–Kier alpha value is -1.84. The molecule has 2 aliphatic rings. The van der Waals surface area contributed by atoms with Gasteiger partial charge in [-0.3, -0.25) is 9.69 Å². The first kappa shape index (κ1) is 10.3. The molecule has 1 saturated heterocycles. The number of carbonyl (C=O) groups is 2. The molecule has 0 aromatic heterocycles. The van der Waals surface area contributed by atoms with Gasteiger partial charge in [0.15, 0.2) is 0 Å². The third-order valence-electron chi connectivity index (χ3n) is 3.61. The summed E-state index contributed by atoms with van der Waals surface area (Å²) in [6, 6.07) is 9.15. The molecule has 1 aromatic rings. The predicted octanol–water partition coefficient (Wildman–Crippen LogP) is 1.83. The highest BCUT2D eigenvalue weighted by molar-refractivity contribution is 6.09. The lowest BCUT2D eigenvalue weighted by molar-refractivity contribution is -0.129. The van der Waals surface area contributed by atoms with Crippen LogP contribution in [0.1, 0.15) is 31.4 Å². The fourth-order valence-electron chi connectivity index (χ4n) is 2.34. The summed E-state index contributed by atoms with van der Waals surface area (Å²) in [7, 11) is 0. The molecule has 1 atom stereocenters. The van der Waals surface area contributed by atoms with Crippen molar-refractivity contribution < 1.29 is 9.59 Å². The van der Waals surface area contributed by atoms with Crippen LogP contribution in [0.3, 0.4) is 0 Å². The minimum atomic E-state index is -0.555. The summed E-state index contributed by atoms with van der Waals surface area (Å²) in [5, 5.41) is 2.79. The van der Waals surface area contributed by atoms with Gasteiger partial charge in [0.2, 0.25) is 0 Å². The van der Waals surface area contributed by atoms with Crippen LogP contribution >= 0.6 is 0 Å². The summed E-state index contributed by atoms with van der Waals surface area (Å²) >= 11 is 0. The van der Waals surface area contributed by atoms with Crippen LogP contribution in [-0.4, -0.2) is 22.4 Å². The van der Waals surface area contributed by atoms with Crippen LogP contribution in [0, 0.1) is 0 Å². The highest BCUT2D eigenvalue weighted by atomic mass is 16.2. The zero-order valence-electron chi connectivity index (χ0n) is 9.64. The zero-order chi connectivity index (χ0) is 12.0. The Kier molecular flexibility index (Phi) is 2.02. The monoisotopic (exact) mass is 230 g/mol. The average molecular weight is 230 g/mol. The molecule has 1 spiro atoms. The van der Waals surface area contributed by atoms with Crippen LogP contribution in [0.5, 0.6) is 0 Å². The standard InChI is InChI=1S/C13H14N2O2/c1-9(10-5-3-2-4-6-10)15-11(16)13(7-8-13)14-12(15)17/h2-6,9H,7-8H2,1H3,(H,14,17)/t9-/m0/s1. The molecule has 4 heteroatoms. The molecule has 88 valence electrons. The lowest BCUT2D eigenvalue weighted by Crippen LogP contribution is -2.34. The summed E-state index contributed by atoms with van der Waals surface area (Å²) in [6.45, 7) is 1.88. The molecule has 1 heterocycles. The van der Waals surface area contributed by atoms with Crippen LogP contribution < -0.4 is 5.32 Å². The predicted molar refractivity (Wildman–Crippen MR) is 62.2 cm³/mol. The lowest BCUT2D eigenvalue weighted by atomic mass is 10.1. The first-order valence-electron chi connectivity index (χ1n) is 5.85. The van der Waals surface area contributed by atoms with Gasteiger partial charge in [-0.2, -0.15) is 0 Å². The van der Waals surface area contributed by atoms with Gasteiger partial charge in [0.05, 0.1) is 6.04 Å². The molecule has 1 aliphatic heterocycles. The third kappa shape index (κ3) is 1.44. The lowest BCUT2D eigenvalue weighted by Gasteiger charge is -2.21. The van der Waals surface area contributed by atoms with E-state index in [2.05, 4.69) is 5.32 Å². The van der Waals surface area contributed by atoms with E-state index in [1.807, 2.05) is 37.3 Å². The number of nitrogens with zero attached hydrogens (tertiary/aromatic N) is 1. The number of carbonyl (C=O) groups excluding carboxylic acids is 2. The van der Waals surface area contributed by atoms with Crippen molar-refractivity contribution in [1.82, 2.24) is 10.2 Å². The maximum absolute atomic E-state index is 12.2. The van der Waals surface area contributed by atoms with Crippen molar-refractivity contribution in [3.8, 4) is 0 Å². The van der Waals surface area contributed by atoms with Crippen molar-refractivity contribution in [3.63, 3.8) is 0 Å². The van der Waals surface area contributed by atoms with Gasteiger partial charge >= 0.3 is 6.03 Å². The largest absolute Gasteiger partial charge is 0.325 e. The number of imide groups is 1. The van der Waals surface area contributed by atoms with Crippen LogP contribution in [0.2, 0.25) is 0 Å². The van der Waals surface area contributed by atoms with E-state index in [9.17, 15) is 9.59 Å². The smallest absolute Gasteiger partial charge is 0.323 e. The molecule has 1 saturated carbocycles. The molecule has 0 radical (unpaired) electrons. The number of benzene rings is 1. The molecule has 4 nitrogen and oxygen atoms in total. The molecule has 2 fully saturated rings. The fraction of sp³-hybridized carbons (Fsp3) is 0.385. The quantitative estimate of drug-likeness (QED) is 0.788. The second-order valence-electron chi connectivity index (χ2n) is 4.77. The van der Waals surface area contributed by atoms with E-state index in [1.54, 1.807) is 0 Å². The molecule has 1 N–H and O–H groups in total. The van der Waals surface area contributed by atoms with Gasteiger partial charge in [-0.15, -0.1) is 0 Å². The number of rotatable bonds is 2. The minimum absolute atomic E-state index is 0.0705. The Morgan fingerprint density at radius 2 is 1.88 bits per heavy atom. The number of nitrogens with one attached hydrogen (secondary N) is 1. The topological polar surface area (TPSA) is 49.4 Å². The highest BCUT2D eigenvalue weighted by Gasteiger charge is 2.60. The molecule has 3 amide bonds. The van der Waals surface area contributed by atoms with Crippen molar-refractivity contribution in [2.24, 2.45) is 0 Å². The summed E-state index contributed by atoms with van der Waals surface area (Å²) in [5.74, 6) is -0.0705. The maximum atomic E-state index is 12.2. The van der Waals surface area contributed by atoms with Gasteiger partial charge in [0.25, 0.3) is 5.91 Å². The van der Waals surface area contributed by atoms with Gasteiger partial charge in [-0.1, -0.05) is 30.3 Å². The van der Waals surface area contributed by atoms with Crippen molar-refractivity contribution in [2.75, 3.05) is 0 Å². The summed E-state index contributed by atoms with van der Waals surface area (Å²) < 4.78 is 0. The zero-order valence-corrected chi connectivity index (χ0v) is 9.64. The van der Waals surface area contributed by atoms with E-state index in [4.69, 9.17) is 0 Å². The second-order valence-corrected chi connectivity index (χ2v) is 4.77. The molecular weight excluding hydrogens is 216 g/mol. The van der Waals surface area contributed by atoms with Gasteiger partial charge in [-0.05, 0) is 25.3 Å². The van der Waals surface area contributed by atoms with Crippen LogP contribution in [0.25, 0.3) is 0 Å². The van der Waals surface area contributed by atoms with E-state index in [0.29, 0.717) is 0 Å². The highest BCUT2D eigenvalue weighted by Crippen LogP contribution is 2.43. The Labute approximate surface area is 99.6 Å². The van der Waals surface area contributed by atoms with Crippen molar-refractivity contribution in [1.29, 1.82) is 0 Å². The number of hydrogen-bond acceptors (Lipinski definition) is 2. The Morgan fingerprint density at radius 1 is 1.24 bits per heavy atom. The number of amides is 3. The summed E-state index contributed by atoms with van der Waals surface area (Å²) in [4.78, 5) is 25.4. The fourth-order valence-corrected chi connectivity index (χ4v) is 2.34. The molecule has 17 heavy (non-hydrogen) atoms. The van der Waals surface area contributed by atoms with Gasteiger partial charge in [0.1, 0.15) is 5.54 Å². The van der Waals surface area contributed by atoms with Crippen molar-refractivity contribution in [3.05, 3.63) is 35.9 Å². The summed E-state index contributed by atoms with van der Waals surface area (Å²) in [5.41, 5.74) is 0.425. The third-order valence-corrected chi connectivity index (χ3v) is 3.61. The number of urea groups is 1. The SMILES string of the molecule is C[C@@H](c1ccccc1)N1C(=O)NC2(CC2)C1=O. The van der Waals surface area contributed by atoms with Gasteiger partial charge < -0.3 is 5.32 Å². The van der Waals surface area contributed by atoms with Crippen LogP contribution in [0.4, 0.5) is 4.79 Å². The second kappa shape index (κ2) is 3.32. The van der Waals surface area contributed by atoms with Crippen molar-refractivity contribution >= 4 is 11.9 Å². The Balaban J connectivity index is 1.90. The summed E-state index contributed by atoms with van der Waals surface area (Å²) in [6.07, 6.45) is 1.55. The molecular formula is C13H14N2O2. The van der Waals surface area contributed by atoms with E-state index in [1.165, 1.54) is 4.90 Å². The molecule has 0 bridgehead atoms. The van der Waals surface area contributed by atoms with Crippen LogP contribution in [0.15, 0.2) is 30.3 Å². The Morgan fingerprint density at radius 3 is 2.41 bits per heavy atom. The van der Waals surface area contributed by atoms with Crippen LogP contribution in [-0.2, 0) is 4.79 Å². The van der Waals surface area contributed by atoms with Gasteiger partial charge in [0, 0.05) is 0 Å². The number of hydrogen-bond donors (Lipinski definition) is 1. The first-order chi connectivity index (χ1) is 8.14. The molecule has 0 unspecified atom stereocenters.